The Hall–Kier alpha value is -4.23. The molecule has 6 rings (SSSR count). The molecule has 0 aliphatic heterocycles. The molecule has 4 nitrogen and oxygen atoms in total. The Balaban J connectivity index is 1.49. The number of hydrogen-bond donors (Lipinski definition) is 0. The van der Waals surface area contributed by atoms with Gasteiger partial charge in [0.1, 0.15) is 17.7 Å². The predicted octanol–water partition coefficient (Wildman–Crippen LogP) is 8.87. The summed E-state index contributed by atoms with van der Waals surface area (Å²) in [6.45, 7) is 6.53. The zero-order valence-corrected chi connectivity index (χ0v) is 22.2. The van der Waals surface area contributed by atoms with Crippen LogP contribution >= 0.6 is 22.7 Å². The van der Waals surface area contributed by atoms with Crippen molar-refractivity contribution in [2.75, 3.05) is 4.90 Å². The lowest BCUT2D eigenvalue weighted by Gasteiger charge is -2.28. The first kappa shape index (κ1) is 23.2. The first-order valence-electron chi connectivity index (χ1n) is 11.9. The van der Waals surface area contributed by atoms with E-state index in [4.69, 9.17) is 4.98 Å². The number of fused-ring (bicyclic) bond motifs is 4. The number of allylic oxidation sites excluding steroid dienone is 1. The van der Waals surface area contributed by atoms with Gasteiger partial charge in [-0.15, -0.1) is 22.7 Å². The van der Waals surface area contributed by atoms with E-state index < -0.39 is 0 Å². The van der Waals surface area contributed by atoms with Crippen LogP contribution in [0.5, 0.6) is 0 Å². The van der Waals surface area contributed by atoms with Crippen molar-refractivity contribution >= 4 is 56.0 Å². The summed E-state index contributed by atoms with van der Waals surface area (Å²) >= 11 is 3.35. The van der Waals surface area contributed by atoms with Gasteiger partial charge in [-0.2, -0.15) is 10.5 Å². The Morgan fingerprint density at radius 2 is 1.59 bits per heavy atom. The molecule has 0 spiro atoms. The summed E-state index contributed by atoms with van der Waals surface area (Å²) in [5, 5.41) is 19.4. The minimum absolute atomic E-state index is 0.124. The van der Waals surface area contributed by atoms with E-state index in [1.165, 1.54) is 26.3 Å². The van der Waals surface area contributed by atoms with Crippen LogP contribution in [0.3, 0.4) is 0 Å². The van der Waals surface area contributed by atoms with Gasteiger partial charge < -0.3 is 4.90 Å². The Kier molecular flexibility index (Phi) is 5.46. The van der Waals surface area contributed by atoms with Crippen LogP contribution < -0.4 is 4.90 Å². The molecule has 178 valence electrons. The summed E-state index contributed by atoms with van der Waals surface area (Å²) in [6.07, 6.45) is 1.68. The first-order valence-corrected chi connectivity index (χ1v) is 13.6. The van der Waals surface area contributed by atoms with Gasteiger partial charge in [0.05, 0.1) is 15.2 Å². The molecule has 0 radical (unpaired) electrons. The predicted molar refractivity (Wildman–Crippen MR) is 154 cm³/mol. The Morgan fingerprint density at radius 3 is 2.35 bits per heavy atom. The van der Waals surface area contributed by atoms with Crippen molar-refractivity contribution in [1.29, 1.82) is 10.5 Å². The number of benzene rings is 3. The molecule has 37 heavy (non-hydrogen) atoms. The maximum absolute atomic E-state index is 9.18. The van der Waals surface area contributed by atoms with E-state index in [9.17, 15) is 10.5 Å². The Labute approximate surface area is 224 Å². The minimum atomic E-state index is -0.207. The molecule has 0 bridgehead atoms. The lowest BCUT2D eigenvalue weighted by molar-refractivity contribution is 0.662. The van der Waals surface area contributed by atoms with E-state index in [2.05, 4.69) is 85.5 Å². The van der Waals surface area contributed by atoms with Gasteiger partial charge in [-0.25, -0.2) is 4.98 Å². The van der Waals surface area contributed by atoms with Crippen LogP contribution in [-0.2, 0) is 5.41 Å². The van der Waals surface area contributed by atoms with E-state index in [0.717, 1.165) is 32.5 Å². The van der Waals surface area contributed by atoms with Crippen molar-refractivity contribution in [2.45, 2.75) is 26.2 Å². The van der Waals surface area contributed by atoms with Crippen LogP contribution in [0.2, 0.25) is 0 Å². The summed E-state index contributed by atoms with van der Waals surface area (Å²) in [5.41, 5.74) is 7.90. The lowest BCUT2D eigenvalue weighted by atomic mass is 9.82. The third-order valence-corrected chi connectivity index (χ3v) is 8.95. The molecule has 0 N–H and O–H groups in total. The Bertz CT molecular complexity index is 1780. The highest BCUT2D eigenvalue weighted by Gasteiger charge is 2.38. The SMILES string of the molecule is Cc1nc2cc(N(c3ccccc3)c3ccc4c(c3)C(C)(C)c3cc(C=C(C#N)C#N)sc3-4)ccc2s1. The number of aryl methyl sites for hydroxylation is 1. The molecule has 0 fully saturated rings. The minimum Gasteiger partial charge on any atom is -0.310 e. The van der Waals surface area contributed by atoms with Gasteiger partial charge in [0.25, 0.3) is 0 Å². The summed E-state index contributed by atoms with van der Waals surface area (Å²) in [7, 11) is 0. The third kappa shape index (κ3) is 3.83. The van der Waals surface area contributed by atoms with Crippen LogP contribution in [0.1, 0.15) is 34.9 Å². The second-order valence-corrected chi connectivity index (χ2v) is 11.9. The van der Waals surface area contributed by atoms with Crippen molar-refractivity contribution in [3.8, 4) is 22.6 Å². The average Bonchev–Trinajstić information content (AvgIpc) is 3.55. The number of nitriles is 2. The number of aromatic nitrogens is 1. The molecular formula is C31H22N4S2. The maximum atomic E-state index is 9.18. The highest BCUT2D eigenvalue weighted by Crippen LogP contribution is 2.54. The number of thiazole rings is 1. The van der Waals surface area contributed by atoms with Gasteiger partial charge >= 0.3 is 0 Å². The third-order valence-electron chi connectivity index (χ3n) is 6.88. The fraction of sp³-hybridized carbons (Fsp3) is 0.129. The van der Waals surface area contributed by atoms with Crippen molar-refractivity contribution in [3.05, 3.63) is 99.4 Å². The molecule has 1 aliphatic carbocycles. The number of nitrogens with zero attached hydrogens (tertiary/aromatic N) is 4. The van der Waals surface area contributed by atoms with E-state index in [1.54, 1.807) is 28.7 Å². The quantitative estimate of drug-likeness (QED) is 0.225. The van der Waals surface area contributed by atoms with Crippen LogP contribution in [0, 0.1) is 29.6 Å². The molecule has 0 unspecified atom stereocenters. The Morgan fingerprint density at radius 1 is 0.865 bits per heavy atom. The first-order chi connectivity index (χ1) is 17.9. The van der Waals surface area contributed by atoms with Gasteiger partial charge in [0.2, 0.25) is 0 Å². The summed E-state index contributed by atoms with van der Waals surface area (Å²) in [4.78, 5) is 9.16. The molecule has 0 atom stereocenters. The zero-order valence-electron chi connectivity index (χ0n) is 20.6. The van der Waals surface area contributed by atoms with Crippen molar-refractivity contribution in [3.63, 3.8) is 0 Å². The summed E-state index contributed by atoms with van der Waals surface area (Å²) in [5.74, 6) is 0. The normalized spacial score (nSPS) is 12.9. The van der Waals surface area contributed by atoms with Gasteiger partial charge in [-0.1, -0.05) is 38.1 Å². The van der Waals surface area contributed by atoms with Gasteiger partial charge in [-0.05, 0) is 78.2 Å². The van der Waals surface area contributed by atoms with Crippen molar-refractivity contribution in [1.82, 2.24) is 4.98 Å². The molecular weight excluding hydrogens is 493 g/mol. The lowest BCUT2D eigenvalue weighted by Crippen LogP contribution is -2.16. The molecule has 2 aromatic heterocycles. The molecule has 2 heterocycles. The molecule has 0 amide bonds. The van der Waals surface area contributed by atoms with Gasteiger partial charge in [0.15, 0.2) is 0 Å². The van der Waals surface area contributed by atoms with E-state index in [0.29, 0.717) is 0 Å². The molecule has 1 aliphatic rings. The van der Waals surface area contributed by atoms with Crippen molar-refractivity contribution < 1.29 is 0 Å². The molecule has 3 aromatic carbocycles. The number of para-hydroxylation sites is 1. The largest absolute Gasteiger partial charge is 0.310 e. The topological polar surface area (TPSA) is 63.7 Å². The van der Waals surface area contributed by atoms with E-state index in [-0.39, 0.29) is 11.0 Å². The monoisotopic (exact) mass is 514 g/mol. The summed E-state index contributed by atoms with van der Waals surface area (Å²) in [6, 6.07) is 29.7. The van der Waals surface area contributed by atoms with Crippen LogP contribution in [-0.4, -0.2) is 4.98 Å². The smallest absolute Gasteiger partial charge is 0.131 e. The average molecular weight is 515 g/mol. The highest BCUT2D eigenvalue weighted by atomic mass is 32.1. The molecule has 0 saturated carbocycles. The molecule has 6 heteroatoms. The van der Waals surface area contributed by atoms with E-state index >= 15 is 0 Å². The number of hydrogen-bond acceptors (Lipinski definition) is 6. The van der Waals surface area contributed by atoms with Crippen LogP contribution in [0.15, 0.2) is 78.4 Å². The second kappa shape index (κ2) is 8.71. The standard InChI is InChI=1S/C31H22N4S2/c1-19-34-28-15-23(10-12-29(28)36-19)35(21-7-5-4-6-8-21)22-9-11-25-26(14-22)31(2,3)27-16-24(37-30(25)27)13-20(17-32)18-33/h4-16H,1-3H3. The van der Waals surface area contributed by atoms with Gasteiger partial charge in [0, 0.05) is 32.2 Å². The van der Waals surface area contributed by atoms with E-state index in [1.807, 2.05) is 25.1 Å². The van der Waals surface area contributed by atoms with Gasteiger partial charge in [-0.3, -0.25) is 0 Å². The second-order valence-electron chi connectivity index (χ2n) is 9.58. The molecule has 0 saturated heterocycles. The van der Waals surface area contributed by atoms with Crippen LogP contribution in [0.4, 0.5) is 17.1 Å². The number of thiophene rings is 1. The highest BCUT2D eigenvalue weighted by molar-refractivity contribution is 7.18. The number of anilines is 3. The maximum Gasteiger partial charge on any atom is 0.131 e. The number of rotatable bonds is 4. The van der Waals surface area contributed by atoms with Crippen LogP contribution in [0.25, 0.3) is 26.7 Å². The molecule has 5 aromatic rings. The fourth-order valence-electron chi connectivity index (χ4n) is 5.10. The summed E-state index contributed by atoms with van der Waals surface area (Å²) < 4.78 is 1.19. The zero-order chi connectivity index (χ0) is 25.7. The van der Waals surface area contributed by atoms with Crippen molar-refractivity contribution in [2.24, 2.45) is 0 Å². The fourth-order valence-corrected chi connectivity index (χ4v) is 7.21.